The van der Waals surface area contributed by atoms with Crippen molar-refractivity contribution < 1.29 is 23.9 Å². The molecule has 8 nitrogen and oxygen atoms in total. The van der Waals surface area contributed by atoms with E-state index in [4.69, 9.17) is 26.8 Å². The standard InChI is InChI=1S/C22H18ClN3O5/c23-15-8-11-19(31-17-4-2-1-3-5-17)18(12-15)26-20(27)13-30-21(28)14-6-9-16(10-7-14)25-22(24)29/h1-12H,13H2,(H,26,27)(H3,24,25,29). The highest BCUT2D eigenvalue weighted by Gasteiger charge is 2.13. The van der Waals surface area contributed by atoms with Crippen LogP contribution in [-0.4, -0.2) is 24.5 Å². The van der Waals surface area contributed by atoms with E-state index in [2.05, 4.69) is 10.6 Å². The molecule has 0 radical (unpaired) electrons. The zero-order valence-corrected chi connectivity index (χ0v) is 16.9. The predicted molar refractivity (Wildman–Crippen MR) is 117 cm³/mol. The van der Waals surface area contributed by atoms with Crippen molar-refractivity contribution in [1.82, 2.24) is 0 Å². The highest BCUT2D eigenvalue weighted by molar-refractivity contribution is 6.31. The molecule has 0 unspecified atom stereocenters. The molecule has 4 N–H and O–H groups in total. The van der Waals surface area contributed by atoms with Crippen LogP contribution in [0.1, 0.15) is 10.4 Å². The van der Waals surface area contributed by atoms with Gasteiger partial charge in [0.05, 0.1) is 11.3 Å². The summed E-state index contributed by atoms with van der Waals surface area (Å²) in [7, 11) is 0. The molecule has 0 saturated carbocycles. The Bertz CT molecular complexity index is 1090. The lowest BCUT2D eigenvalue weighted by Gasteiger charge is -2.13. The Morgan fingerprint density at radius 1 is 0.903 bits per heavy atom. The number of anilines is 2. The maximum Gasteiger partial charge on any atom is 0.338 e. The van der Waals surface area contributed by atoms with Gasteiger partial charge in [0.1, 0.15) is 5.75 Å². The Hall–Kier alpha value is -4.04. The lowest BCUT2D eigenvalue weighted by Crippen LogP contribution is -2.21. The molecule has 31 heavy (non-hydrogen) atoms. The van der Waals surface area contributed by atoms with Crippen LogP contribution in [0, 0.1) is 0 Å². The summed E-state index contributed by atoms with van der Waals surface area (Å²) in [5.41, 5.74) is 5.99. The summed E-state index contributed by atoms with van der Waals surface area (Å²) < 4.78 is 10.8. The van der Waals surface area contributed by atoms with Crippen molar-refractivity contribution in [1.29, 1.82) is 0 Å². The zero-order chi connectivity index (χ0) is 22.2. The maximum absolute atomic E-state index is 12.3. The van der Waals surface area contributed by atoms with Gasteiger partial charge in [0.15, 0.2) is 12.4 Å². The molecule has 3 aromatic carbocycles. The van der Waals surface area contributed by atoms with Gasteiger partial charge in [-0.2, -0.15) is 0 Å². The maximum atomic E-state index is 12.3. The van der Waals surface area contributed by atoms with Gasteiger partial charge < -0.3 is 25.8 Å². The number of amides is 3. The van der Waals surface area contributed by atoms with Crippen molar-refractivity contribution in [2.24, 2.45) is 5.73 Å². The summed E-state index contributed by atoms with van der Waals surface area (Å²) in [4.78, 5) is 35.2. The molecule has 0 aliphatic rings. The highest BCUT2D eigenvalue weighted by atomic mass is 35.5. The fraction of sp³-hybridized carbons (Fsp3) is 0.0455. The summed E-state index contributed by atoms with van der Waals surface area (Å²) in [6.45, 7) is -0.516. The van der Waals surface area contributed by atoms with E-state index >= 15 is 0 Å². The molecule has 0 spiro atoms. The SMILES string of the molecule is NC(=O)Nc1ccc(C(=O)OCC(=O)Nc2cc(Cl)ccc2Oc2ccccc2)cc1. The number of nitrogens with one attached hydrogen (secondary N) is 2. The number of ether oxygens (including phenoxy) is 2. The molecule has 0 bridgehead atoms. The minimum absolute atomic E-state index is 0.207. The third-order valence-electron chi connectivity index (χ3n) is 3.91. The first-order valence-corrected chi connectivity index (χ1v) is 9.44. The lowest BCUT2D eigenvalue weighted by molar-refractivity contribution is -0.119. The Kier molecular flexibility index (Phi) is 7.08. The number of benzene rings is 3. The summed E-state index contributed by atoms with van der Waals surface area (Å²) in [5.74, 6) is -0.304. The van der Waals surface area contributed by atoms with E-state index in [0.717, 1.165) is 0 Å². The number of nitrogens with two attached hydrogens (primary N) is 1. The second-order valence-electron chi connectivity index (χ2n) is 6.25. The number of primary amides is 1. The van der Waals surface area contributed by atoms with E-state index < -0.39 is 24.5 Å². The van der Waals surface area contributed by atoms with Gasteiger partial charge in [-0.1, -0.05) is 29.8 Å². The fourth-order valence-corrected chi connectivity index (χ4v) is 2.71. The molecule has 0 aromatic heterocycles. The Morgan fingerprint density at radius 3 is 2.29 bits per heavy atom. The summed E-state index contributed by atoms with van der Waals surface area (Å²) in [6, 6.07) is 19.0. The first-order chi connectivity index (χ1) is 14.9. The fourth-order valence-electron chi connectivity index (χ4n) is 2.54. The largest absolute Gasteiger partial charge is 0.455 e. The van der Waals surface area contributed by atoms with Gasteiger partial charge in [-0.15, -0.1) is 0 Å². The minimum Gasteiger partial charge on any atom is -0.455 e. The summed E-state index contributed by atoms with van der Waals surface area (Å²) in [5, 5.41) is 5.40. The van der Waals surface area contributed by atoms with Crippen LogP contribution < -0.4 is 21.1 Å². The first kappa shape index (κ1) is 21.7. The summed E-state index contributed by atoms with van der Waals surface area (Å²) in [6.07, 6.45) is 0. The molecule has 0 aliphatic carbocycles. The van der Waals surface area contributed by atoms with Crippen LogP contribution in [0.4, 0.5) is 16.2 Å². The summed E-state index contributed by atoms with van der Waals surface area (Å²) >= 11 is 6.03. The van der Waals surface area contributed by atoms with Gasteiger partial charge in [-0.25, -0.2) is 9.59 Å². The number of esters is 1. The number of hydrogen-bond acceptors (Lipinski definition) is 5. The molecule has 3 amide bonds. The van der Waals surface area contributed by atoms with Crippen LogP contribution in [0.2, 0.25) is 5.02 Å². The molecule has 0 heterocycles. The molecular weight excluding hydrogens is 422 g/mol. The van der Waals surface area contributed by atoms with Crippen molar-refractivity contribution in [3.63, 3.8) is 0 Å². The van der Waals surface area contributed by atoms with Crippen molar-refractivity contribution in [3.05, 3.63) is 83.4 Å². The average molecular weight is 440 g/mol. The van der Waals surface area contributed by atoms with Crippen LogP contribution in [0.3, 0.4) is 0 Å². The van der Waals surface area contributed by atoms with Gasteiger partial charge in [0.2, 0.25) is 0 Å². The number of carbonyl (C=O) groups excluding carboxylic acids is 3. The van der Waals surface area contributed by atoms with Crippen LogP contribution in [-0.2, 0) is 9.53 Å². The molecule has 3 aromatic rings. The van der Waals surface area contributed by atoms with Gasteiger partial charge in [0.25, 0.3) is 5.91 Å². The molecule has 9 heteroatoms. The van der Waals surface area contributed by atoms with Gasteiger partial charge in [0, 0.05) is 10.7 Å². The second-order valence-corrected chi connectivity index (χ2v) is 6.68. The topological polar surface area (TPSA) is 120 Å². The number of para-hydroxylation sites is 1. The first-order valence-electron chi connectivity index (χ1n) is 9.06. The third kappa shape index (κ3) is 6.48. The molecule has 158 valence electrons. The van der Waals surface area contributed by atoms with Gasteiger partial charge in [-0.3, -0.25) is 4.79 Å². The Balaban J connectivity index is 1.60. The third-order valence-corrected chi connectivity index (χ3v) is 4.14. The van der Waals surface area contributed by atoms with E-state index in [-0.39, 0.29) is 5.56 Å². The van der Waals surface area contributed by atoms with Crippen LogP contribution in [0.5, 0.6) is 11.5 Å². The van der Waals surface area contributed by atoms with E-state index in [0.29, 0.717) is 27.9 Å². The van der Waals surface area contributed by atoms with Crippen molar-refractivity contribution in [3.8, 4) is 11.5 Å². The van der Waals surface area contributed by atoms with E-state index in [1.807, 2.05) is 18.2 Å². The van der Waals surface area contributed by atoms with Crippen LogP contribution in [0.25, 0.3) is 0 Å². The molecule has 0 atom stereocenters. The highest BCUT2D eigenvalue weighted by Crippen LogP contribution is 2.32. The van der Waals surface area contributed by atoms with Gasteiger partial charge in [-0.05, 0) is 54.6 Å². The Morgan fingerprint density at radius 2 is 1.61 bits per heavy atom. The normalized spacial score (nSPS) is 10.1. The quantitative estimate of drug-likeness (QED) is 0.471. The average Bonchev–Trinajstić information content (AvgIpc) is 2.75. The number of carbonyl (C=O) groups is 3. The van der Waals surface area contributed by atoms with Crippen molar-refractivity contribution in [2.45, 2.75) is 0 Å². The molecule has 0 fully saturated rings. The van der Waals surface area contributed by atoms with Gasteiger partial charge >= 0.3 is 12.0 Å². The molecule has 3 rings (SSSR count). The monoisotopic (exact) mass is 439 g/mol. The molecule has 0 aliphatic heterocycles. The van der Waals surface area contributed by atoms with Crippen LogP contribution >= 0.6 is 11.6 Å². The number of hydrogen-bond donors (Lipinski definition) is 3. The predicted octanol–water partition coefficient (Wildman–Crippen LogP) is 4.42. The molecule has 0 saturated heterocycles. The number of halogens is 1. The second kappa shape index (κ2) is 10.1. The zero-order valence-electron chi connectivity index (χ0n) is 16.1. The molecular formula is C22H18ClN3O5. The van der Waals surface area contributed by atoms with E-state index in [1.165, 1.54) is 30.3 Å². The number of urea groups is 1. The van der Waals surface area contributed by atoms with Crippen LogP contribution in [0.15, 0.2) is 72.8 Å². The Labute approximate surface area is 182 Å². The smallest absolute Gasteiger partial charge is 0.338 e. The van der Waals surface area contributed by atoms with Crippen molar-refractivity contribution in [2.75, 3.05) is 17.2 Å². The number of rotatable bonds is 7. The lowest BCUT2D eigenvalue weighted by atomic mass is 10.2. The van der Waals surface area contributed by atoms with E-state index in [1.54, 1.807) is 24.3 Å². The van der Waals surface area contributed by atoms with Crippen molar-refractivity contribution >= 4 is 40.9 Å². The minimum atomic E-state index is -0.719. The van der Waals surface area contributed by atoms with E-state index in [9.17, 15) is 14.4 Å².